The van der Waals surface area contributed by atoms with Crippen LogP contribution < -0.4 is 0 Å². The average Bonchev–Trinajstić information content (AvgIpc) is 2.35. The summed E-state index contributed by atoms with van der Waals surface area (Å²) in [6.45, 7) is 3.21. The Morgan fingerprint density at radius 1 is 1.56 bits per heavy atom. The molecular weight excluding hydrogens is 276 g/mol. The van der Waals surface area contributed by atoms with E-state index in [2.05, 4.69) is 4.74 Å². The van der Waals surface area contributed by atoms with Gasteiger partial charge < -0.3 is 4.74 Å². The summed E-state index contributed by atoms with van der Waals surface area (Å²) in [6.07, 6.45) is 0.0738. The van der Waals surface area contributed by atoms with Crippen molar-refractivity contribution < 1.29 is 17.9 Å². The standard InChI is InChI=1S/C10H20N2O4S2/c1-9-8-12(6-7-17-9)18(14,15)11(2)5-4-10(13)16-3/h9H,4-8H2,1-3H3. The van der Waals surface area contributed by atoms with E-state index in [-0.39, 0.29) is 13.0 Å². The van der Waals surface area contributed by atoms with Crippen molar-refractivity contribution in [2.24, 2.45) is 0 Å². The third-order valence-corrected chi connectivity index (χ3v) is 5.87. The Morgan fingerprint density at radius 3 is 2.78 bits per heavy atom. The fraction of sp³-hybridized carbons (Fsp3) is 0.900. The van der Waals surface area contributed by atoms with Crippen molar-refractivity contribution in [2.75, 3.05) is 39.5 Å². The van der Waals surface area contributed by atoms with E-state index in [4.69, 9.17) is 0 Å². The molecule has 0 N–H and O–H groups in total. The molecule has 1 heterocycles. The molecule has 8 heteroatoms. The van der Waals surface area contributed by atoms with E-state index < -0.39 is 16.2 Å². The third-order valence-electron chi connectivity index (χ3n) is 2.78. The SMILES string of the molecule is COC(=O)CCN(C)S(=O)(=O)N1CCSC(C)C1. The molecule has 0 saturated carbocycles. The van der Waals surface area contributed by atoms with Crippen molar-refractivity contribution in [3.8, 4) is 0 Å². The van der Waals surface area contributed by atoms with E-state index in [0.717, 1.165) is 5.75 Å². The molecule has 1 fully saturated rings. The van der Waals surface area contributed by atoms with Crippen LogP contribution in [0.5, 0.6) is 0 Å². The number of rotatable bonds is 5. The highest BCUT2D eigenvalue weighted by Crippen LogP contribution is 2.21. The molecule has 0 amide bonds. The van der Waals surface area contributed by atoms with Gasteiger partial charge in [0.15, 0.2) is 0 Å². The molecule has 0 spiro atoms. The third kappa shape index (κ3) is 4.11. The maximum absolute atomic E-state index is 12.2. The maximum Gasteiger partial charge on any atom is 0.306 e. The molecule has 0 bridgehead atoms. The minimum atomic E-state index is -3.45. The van der Waals surface area contributed by atoms with Crippen LogP contribution in [0.2, 0.25) is 0 Å². The first-order chi connectivity index (χ1) is 8.37. The molecule has 0 aromatic carbocycles. The number of carbonyl (C=O) groups is 1. The number of hydrogen-bond acceptors (Lipinski definition) is 5. The van der Waals surface area contributed by atoms with E-state index in [1.807, 2.05) is 6.92 Å². The van der Waals surface area contributed by atoms with Gasteiger partial charge in [0.2, 0.25) is 0 Å². The normalized spacial score (nSPS) is 22.1. The quantitative estimate of drug-likeness (QED) is 0.676. The number of ether oxygens (including phenoxy) is 1. The van der Waals surface area contributed by atoms with Crippen LogP contribution in [0.1, 0.15) is 13.3 Å². The molecule has 6 nitrogen and oxygen atoms in total. The first-order valence-corrected chi connectivity index (χ1v) is 8.22. The summed E-state index contributed by atoms with van der Waals surface area (Å²) < 4.78 is 31.6. The largest absolute Gasteiger partial charge is 0.469 e. The van der Waals surface area contributed by atoms with Gasteiger partial charge in [-0.2, -0.15) is 28.8 Å². The second-order valence-corrected chi connectivity index (χ2v) is 7.78. The molecule has 1 atom stereocenters. The molecule has 0 aromatic rings. The maximum atomic E-state index is 12.2. The molecule has 1 aliphatic rings. The lowest BCUT2D eigenvalue weighted by molar-refractivity contribution is -0.140. The van der Waals surface area contributed by atoms with Crippen molar-refractivity contribution in [2.45, 2.75) is 18.6 Å². The lowest BCUT2D eigenvalue weighted by atomic mass is 10.4. The minimum Gasteiger partial charge on any atom is -0.469 e. The molecule has 0 aromatic heterocycles. The van der Waals surface area contributed by atoms with Crippen molar-refractivity contribution in [1.82, 2.24) is 8.61 Å². The van der Waals surface area contributed by atoms with Gasteiger partial charge in [0.1, 0.15) is 0 Å². The number of carbonyl (C=O) groups excluding carboxylic acids is 1. The topological polar surface area (TPSA) is 66.9 Å². The summed E-state index contributed by atoms with van der Waals surface area (Å²) in [5.74, 6) is 0.408. The Balaban J connectivity index is 2.58. The number of thioether (sulfide) groups is 1. The zero-order chi connectivity index (χ0) is 13.8. The Bertz CT molecular complexity index is 385. The van der Waals surface area contributed by atoms with Gasteiger partial charge in [-0.25, -0.2) is 0 Å². The number of methoxy groups -OCH3 is 1. The molecule has 1 aliphatic heterocycles. The van der Waals surface area contributed by atoms with Crippen LogP contribution in [0.3, 0.4) is 0 Å². The van der Waals surface area contributed by atoms with Crippen LogP contribution in [-0.4, -0.2) is 67.8 Å². The fourth-order valence-corrected chi connectivity index (χ4v) is 4.33. The second-order valence-electron chi connectivity index (χ2n) is 4.19. The van der Waals surface area contributed by atoms with Crippen molar-refractivity contribution in [3.63, 3.8) is 0 Å². The van der Waals surface area contributed by atoms with Crippen LogP contribution in [0, 0.1) is 0 Å². The number of hydrogen-bond donors (Lipinski definition) is 0. The van der Waals surface area contributed by atoms with E-state index in [1.54, 1.807) is 11.8 Å². The van der Waals surface area contributed by atoms with Crippen LogP contribution in [0.15, 0.2) is 0 Å². The second kappa shape index (κ2) is 6.74. The summed E-state index contributed by atoms with van der Waals surface area (Å²) in [6, 6.07) is 0. The van der Waals surface area contributed by atoms with Crippen molar-refractivity contribution in [3.05, 3.63) is 0 Å². The Morgan fingerprint density at radius 2 is 2.22 bits per heavy atom. The van der Waals surface area contributed by atoms with Gasteiger partial charge in [0.25, 0.3) is 10.2 Å². The van der Waals surface area contributed by atoms with Gasteiger partial charge in [-0.1, -0.05) is 6.92 Å². The Hall–Kier alpha value is -0.310. The molecule has 18 heavy (non-hydrogen) atoms. The van der Waals surface area contributed by atoms with Gasteiger partial charge in [-0.15, -0.1) is 0 Å². The Kier molecular flexibility index (Phi) is 5.90. The van der Waals surface area contributed by atoms with Gasteiger partial charge in [-0.3, -0.25) is 4.79 Å². The van der Waals surface area contributed by atoms with E-state index in [9.17, 15) is 13.2 Å². The molecule has 106 valence electrons. The monoisotopic (exact) mass is 296 g/mol. The van der Waals surface area contributed by atoms with E-state index in [0.29, 0.717) is 18.3 Å². The highest BCUT2D eigenvalue weighted by atomic mass is 32.2. The highest BCUT2D eigenvalue weighted by molar-refractivity contribution is 8.00. The predicted octanol–water partition coefficient (Wildman–Crippen LogP) is 0.163. The summed E-state index contributed by atoms with van der Waals surface area (Å²) >= 11 is 1.77. The van der Waals surface area contributed by atoms with Crippen LogP contribution in [0.25, 0.3) is 0 Å². The summed E-state index contributed by atoms with van der Waals surface area (Å²) in [5.41, 5.74) is 0. The predicted molar refractivity (Wildman–Crippen MR) is 71.7 cm³/mol. The molecule has 0 aliphatic carbocycles. The highest BCUT2D eigenvalue weighted by Gasteiger charge is 2.30. The minimum absolute atomic E-state index is 0.0738. The van der Waals surface area contributed by atoms with Gasteiger partial charge in [0.05, 0.1) is 13.5 Å². The number of esters is 1. The van der Waals surface area contributed by atoms with Crippen LogP contribution in [0.4, 0.5) is 0 Å². The van der Waals surface area contributed by atoms with E-state index >= 15 is 0 Å². The average molecular weight is 296 g/mol. The molecule has 1 rings (SSSR count). The summed E-state index contributed by atoms with van der Waals surface area (Å²) in [7, 11) is -0.670. The van der Waals surface area contributed by atoms with Gasteiger partial charge in [-0.05, 0) is 0 Å². The molecular formula is C10H20N2O4S2. The van der Waals surface area contributed by atoms with E-state index in [1.165, 1.54) is 22.8 Å². The fourth-order valence-electron chi connectivity index (χ4n) is 1.66. The molecule has 0 radical (unpaired) electrons. The van der Waals surface area contributed by atoms with Gasteiger partial charge in [0, 0.05) is 37.7 Å². The van der Waals surface area contributed by atoms with Gasteiger partial charge >= 0.3 is 5.97 Å². The lowest BCUT2D eigenvalue weighted by Gasteiger charge is -2.32. The first-order valence-electron chi connectivity index (χ1n) is 5.77. The summed E-state index contributed by atoms with van der Waals surface area (Å²) in [4.78, 5) is 11.0. The molecule has 1 unspecified atom stereocenters. The first kappa shape index (κ1) is 15.7. The zero-order valence-corrected chi connectivity index (χ0v) is 12.6. The van der Waals surface area contributed by atoms with Crippen LogP contribution >= 0.6 is 11.8 Å². The van der Waals surface area contributed by atoms with Crippen LogP contribution in [-0.2, 0) is 19.7 Å². The Labute approximate surface area is 113 Å². The molecule has 1 saturated heterocycles. The van der Waals surface area contributed by atoms with Crippen molar-refractivity contribution in [1.29, 1.82) is 0 Å². The smallest absolute Gasteiger partial charge is 0.306 e. The zero-order valence-electron chi connectivity index (χ0n) is 11.0. The lowest BCUT2D eigenvalue weighted by Crippen LogP contribution is -2.47. The van der Waals surface area contributed by atoms with Crippen molar-refractivity contribution >= 4 is 27.9 Å². The summed E-state index contributed by atoms with van der Waals surface area (Å²) in [5, 5.41) is 0.308. The number of nitrogens with zero attached hydrogens (tertiary/aromatic N) is 2.